The molecule has 4 nitrogen and oxygen atoms in total. The van der Waals surface area contributed by atoms with Gasteiger partial charge in [-0.1, -0.05) is 6.07 Å². The summed E-state index contributed by atoms with van der Waals surface area (Å²) in [6.45, 7) is 0.479. The van der Waals surface area contributed by atoms with Crippen molar-refractivity contribution in [3.63, 3.8) is 0 Å². The largest absolute Gasteiger partial charge is 0.364 e. The summed E-state index contributed by atoms with van der Waals surface area (Å²) in [6.07, 6.45) is 1.28. The summed E-state index contributed by atoms with van der Waals surface area (Å²) in [7, 11) is 0. The van der Waals surface area contributed by atoms with E-state index in [1.807, 2.05) is 24.3 Å². The van der Waals surface area contributed by atoms with Crippen molar-refractivity contribution in [1.29, 1.82) is 0 Å². The predicted octanol–water partition coefficient (Wildman–Crippen LogP) is 1.74. The predicted molar refractivity (Wildman–Crippen MR) is 74.7 cm³/mol. The molecule has 5 heteroatoms. The minimum Gasteiger partial charge on any atom is -0.364 e. The van der Waals surface area contributed by atoms with Crippen LogP contribution >= 0.6 is 22.6 Å². The Kier molecular flexibility index (Phi) is 4.36. The molecule has 17 heavy (non-hydrogen) atoms. The molecule has 0 saturated carbocycles. The van der Waals surface area contributed by atoms with Gasteiger partial charge in [0.25, 0.3) is 5.91 Å². The first kappa shape index (κ1) is 12.8. The van der Waals surface area contributed by atoms with Crippen LogP contribution in [0.4, 0.5) is 5.69 Å². The molecule has 1 heterocycles. The lowest BCUT2D eigenvalue weighted by molar-refractivity contribution is -0.126. The number of carbonyl (C=O) groups excluding carboxylic acids is 1. The van der Waals surface area contributed by atoms with Crippen molar-refractivity contribution in [1.82, 2.24) is 0 Å². The number of anilines is 1. The van der Waals surface area contributed by atoms with Crippen LogP contribution in [0.5, 0.6) is 0 Å². The molecule has 0 unspecified atom stereocenters. The Morgan fingerprint density at radius 1 is 1.53 bits per heavy atom. The van der Waals surface area contributed by atoms with Gasteiger partial charge in [0.15, 0.2) is 0 Å². The molecule has 92 valence electrons. The number of nitrogens with one attached hydrogen (secondary N) is 1. The molecule has 0 aliphatic carbocycles. The second kappa shape index (κ2) is 5.79. The zero-order valence-corrected chi connectivity index (χ0v) is 11.5. The van der Waals surface area contributed by atoms with Gasteiger partial charge >= 0.3 is 0 Å². The highest BCUT2D eigenvalue weighted by Crippen LogP contribution is 2.21. The highest BCUT2D eigenvalue weighted by atomic mass is 127. The van der Waals surface area contributed by atoms with Crippen molar-refractivity contribution in [2.75, 3.05) is 11.9 Å². The molecule has 3 N–H and O–H groups in total. The minimum atomic E-state index is -0.360. The molecule has 0 radical (unpaired) electrons. The van der Waals surface area contributed by atoms with Crippen LogP contribution in [0, 0.1) is 3.57 Å². The Morgan fingerprint density at radius 3 is 3.00 bits per heavy atom. The van der Waals surface area contributed by atoms with E-state index >= 15 is 0 Å². The average molecular weight is 346 g/mol. The molecule has 2 rings (SSSR count). The Labute approximate surface area is 114 Å². The summed E-state index contributed by atoms with van der Waals surface area (Å²) in [5.74, 6) is -0.0806. The third kappa shape index (κ3) is 3.40. The van der Waals surface area contributed by atoms with Crippen LogP contribution in [-0.2, 0) is 9.53 Å². The van der Waals surface area contributed by atoms with E-state index in [-0.39, 0.29) is 18.1 Å². The van der Waals surface area contributed by atoms with Crippen LogP contribution in [0.1, 0.15) is 12.8 Å². The number of benzene rings is 1. The number of nitrogens with two attached hydrogens (primary N) is 1. The first-order valence-corrected chi connectivity index (χ1v) is 6.69. The molecular weight excluding hydrogens is 331 g/mol. The second-order valence-corrected chi connectivity index (χ2v) is 5.31. The van der Waals surface area contributed by atoms with E-state index in [2.05, 4.69) is 27.9 Å². The van der Waals surface area contributed by atoms with Crippen LogP contribution in [0.25, 0.3) is 0 Å². The van der Waals surface area contributed by atoms with E-state index in [1.165, 1.54) is 0 Å². The van der Waals surface area contributed by atoms with Crippen molar-refractivity contribution in [3.05, 3.63) is 27.8 Å². The van der Waals surface area contributed by atoms with E-state index in [9.17, 15) is 4.79 Å². The number of hydrogen-bond acceptors (Lipinski definition) is 3. The van der Waals surface area contributed by atoms with Crippen molar-refractivity contribution in [3.8, 4) is 0 Å². The Bertz CT molecular complexity index is 411. The smallest absolute Gasteiger partial charge is 0.253 e. The molecule has 1 fully saturated rings. The molecule has 2 atom stereocenters. The topological polar surface area (TPSA) is 64.4 Å². The standard InChI is InChI=1S/C12H15IN2O2/c13-8-2-1-3-9(6-8)15-12(16)11-5-4-10(7-14)17-11/h1-3,6,10-11H,4-5,7,14H2,(H,15,16)/t10-,11+/m1/s1. The highest BCUT2D eigenvalue weighted by molar-refractivity contribution is 14.1. The van der Waals surface area contributed by atoms with Gasteiger partial charge in [-0.2, -0.15) is 0 Å². The molecular formula is C12H15IN2O2. The summed E-state index contributed by atoms with van der Waals surface area (Å²) in [5.41, 5.74) is 6.32. The van der Waals surface area contributed by atoms with Gasteiger partial charge in [-0.3, -0.25) is 4.79 Å². The van der Waals surface area contributed by atoms with Crippen LogP contribution < -0.4 is 11.1 Å². The van der Waals surface area contributed by atoms with Crippen molar-refractivity contribution < 1.29 is 9.53 Å². The van der Waals surface area contributed by atoms with Crippen LogP contribution in [0.15, 0.2) is 24.3 Å². The molecule has 1 aromatic rings. The van der Waals surface area contributed by atoms with Gasteiger partial charge in [0.2, 0.25) is 0 Å². The summed E-state index contributed by atoms with van der Waals surface area (Å²) in [4.78, 5) is 11.9. The van der Waals surface area contributed by atoms with E-state index in [1.54, 1.807) is 0 Å². The van der Waals surface area contributed by atoms with Gasteiger partial charge < -0.3 is 15.8 Å². The van der Waals surface area contributed by atoms with E-state index < -0.39 is 0 Å². The monoisotopic (exact) mass is 346 g/mol. The van der Waals surface area contributed by atoms with E-state index in [0.717, 1.165) is 22.1 Å². The summed E-state index contributed by atoms with van der Waals surface area (Å²) < 4.78 is 6.63. The number of hydrogen-bond donors (Lipinski definition) is 2. The third-order valence-electron chi connectivity index (χ3n) is 2.76. The van der Waals surface area contributed by atoms with Crippen molar-refractivity contribution in [2.24, 2.45) is 5.73 Å². The van der Waals surface area contributed by atoms with E-state index in [0.29, 0.717) is 6.54 Å². The van der Waals surface area contributed by atoms with E-state index in [4.69, 9.17) is 10.5 Å². The molecule has 1 aliphatic heterocycles. The molecule has 1 amide bonds. The Morgan fingerprint density at radius 2 is 2.35 bits per heavy atom. The summed E-state index contributed by atoms with van der Waals surface area (Å²) in [6, 6.07) is 7.69. The zero-order chi connectivity index (χ0) is 12.3. The maximum atomic E-state index is 11.9. The number of rotatable bonds is 3. The van der Waals surface area contributed by atoms with Crippen LogP contribution in [-0.4, -0.2) is 24.7 Å². The quantitative estimate of drug-likeness (QED) is 0.820. The number of amides is 1. The fourth-order valence-electron chi connectivity index (χ4n) is 1.86. The molecule has 0 spiro atoms. The Hall–Kier alpha value is -0.660. The molecule has 1 aliphatic rings. The van der Waals surface area contributed by atoms with Crippen molar-refractivity contribution in [2.45, 2.75) is 25.0 Å². The molecule has 0 aromatic heterocycles. The number of ether oxygens (including phenoxy) is 1. The van der Waals surface area contributed by atoms with Gasteiger partial charge in [-0.25, -0.2) is 0 Å². The van der Waals surface area contributed by atoms with Gasteiger partial charge in [0, 0.05) is 15.8 Å². The maximum Gasteiger partial charge on any atom is 0.253 e. The number of halogens is 1. The minimum absolute atomic E-state index is 0.0293. The first-order chi connectivity index (χ1) is 8.19. The summed E-state index contributed by atoms with van der Waals surface area (Å²) in [5, 5.41) is 2.86. The fraction of sp³-hybridized carbons (Fsp3) is 0.417. The lowest BCUT2D eigenvalue weighted by Gasteiger charge is -2.12. The third-order valence-corrected chi connectivity index (χ3v) is 3.43. The lowest BCUT2D eigenvalue weighted by atomic mass is 10.2. The van der Waals surface area contributed by atoms with Gasteiger partial charge in [0.05, 0.1) is 6.10 Å². The van der Waals surface area contributed by atoms with Crippen LogP contribution in [0.2, 0.25) is 0 Å². The molecule has 1 saturated heterocycles. The average Bonchev–Trinajstić information content (AvgIpc) is 2.77. The molecule has 1 aromatic carbocycles. The number of carbonyl (C=O) groups is 1. The maximum absolute atomic E-state index is 11.9. The first-order valence-electron chi connectivity index (χ1n) is 5.61. The Balaban J connectivity index is 1.93. The normalized spacial score (nSPS) is 23.6. The van der Waals surface area contributed by atoms with Crippen LogP contribution in [0.3, 0.4) is 0 Å². The lowest BCUT2D eigenvalue weighted by Crippen LogP contribution is -2.29. The van der Waals surface area contributed by atoms with Crippen molar-refractivity contribution >= 4 is 34.2 Å². The van der Waals surface area contributed by atoms with Gasteiger partial charge in [-0.05, 0) is 53.6 Å². The SMILES string of the molecule is NC[C@H]1CC[C@@H](C(=O)Nc2cccc(I)c2)O1. The second-order valence-electron chi connectivity index (χ2n) is 4.06. The van der Waals surface area contributed by atoms with Gasteiger partial charge in [0.1, 0.15) is 6.10 Å². The highest BCUT2D eigenvalue weighted by Gasteiger charge is 2.29. The fourth-order valence-corrected chi connectivity index (χ4v) is 2.40. The zero-order valence-electron chi connectivity index (χ0n) is 9.36. The summed E-state index contributed by atoms with van der Waals surface area (Å²) >= 11 is 2.21. The van der Waals surface area contributed by atoms with Gasteiger partial charge in [-0.15, -0.1) is 0 Å². The molecule has 0 bridgehead atoms.